The van der Waals surface area contributed by atoms with Crippen molar-refractivity contribution in [3.63, 3.8) is 0 Å². The monoisotopic (exact) mass is 293 g/mol. The van der Waals surface area contributed by atoms with Gasteiger partial charge in [-0.3, -0.25) is 4.79 Å². The van der Waals surface area contributed by atoms with Crippen molar-refractivity contribution in [1.82, 2.24) is 5.32 Å². The first-order valence-corrected chi connectivity index (χ1v) is 9.12. The van der Waals surface area contributed by atoms with Gasteiger partial charge in [0.15, 0.2) is 0 Å². The van der Waals surface area contributed by atoms with Crippen molar-refractivity contribution in [3.8, 4) is 0 Å². The van der Waals surface area contributed by atoms with E-state index in [-0.39, 0.29) is 17.2 Å². The van der Waals surface area contributed by atoms with Crippen molar-refractivity contribution in [2.75, 3.05) is 17.3 Å². The highest BCUT2D eigenvalue weighted by molar-refractivity contribution is 8.07. The van der Waals surface area contributed by atoms with Crippen LogP contribution in [0.4, 0.5) is 0 Å². The fourth-order valence-corrected chi connectivity index (χ4v) is 5.37. The fourth-order valence-electron chi connectivity index (χ4n) is 2.81. The molecule has 1 aromatic carbocycles. The molecule has 1 aliphatic carbocycles. The lowest BCUT2D eigenvalue weighted by molar-refractivity contribution is -0.121. The number of carbonyl (C=O) groups is 1. The van der Waals surface area contributed by atoms with Crippen LogP contribution in [-0.2, 0) is 11.2 Å². The van der Waals surface area contributed by atoms with Crippen molar-refractivity contribution in [2.45, 2.75) is 30.6 Å². The molecule has 0 radical (unpaired) electrons. The molecule has 0 aromatic heterocycles. The Labute approximate surface area is 123 Å². The number of hydrogen-bond donors (Lipinski definition) is 1. The number of hydrogen-bond acceptors (Lipinski definition) is 3. The molecule has 0 spiro atoms. The normalized spacial score (nSPS) is 26.5. The average Bonchev–Trinajstić information content (AvgIpc) is 2.48. The van der Waals surface area contributed by atoms with E-state index in [9.17, 15) is 4.79 Å². The van der Waals surface area contributed by atoms with Crippen LogP contribution in [0.25, 0.3) is 0 Å². The molecule has 1 fully saturated rings. The number of carbonyl (C=O) groups excluding carboxylic acids is 1. The van der Waals surface area contributed by atoms with Gasteiger partial charge in [0.25, 0.3) is 0 Å². The fraction of sp³-hybridized carbons (Fsp3) is 0.533. The Morgan fingerprint density at radius 3 is 3.00 bits per heavy atom. The molecule has 1 amide bonds. The van der Waals surface area contributed by atoms with Crippen LogP contribution in [0.3, 0.4) is 0 Å². The Bertz CT molecular complexity index is 457. The van der Waals surface area contributed by atoms with Gasteiger partial charge in [-0.25, -0.2) is 0 Å². The van der Waals surface area contributed by atoms with E-state index in [1.165, 1.54) is 23.3 Å². The molecule has 1 aliphatic heterocycles. The lowest BCUT2D eigenvalue weighted by atomic mass is 9.88. The first-order valence-electron chi connectivity index (χ1n) is 6.92. The average molecular weight is 293 g/mol. The molecule has 102 valence electrons. The second-order valence-corrected chi connectivity index (χ2v) is 7.55. The topological polar surface area (TPSA) is 29.1 Å². The smallest absolute Gasteiger partial charge is 0.234 e. The second-order valence-electron chi connectivity index (χ2n) is 5.09. The highest BCUT2D eigenvalue weighted by Gasteiger charge is 2.27. The van der Waals surface area contributed by atoms with Crippen LogP contribution in [0.2, 0.25) is 0 Å². The number of amides is 1. The molecule has 2 atom stereocenters. The van der Waals surface area contributed by atoms with Crippen LogP contribution in [0.15, 0.2) is 24.3 Å². The summed E-state index contributed by atoms with van der Waals surface area (Å²) in [7, 11) is 0. The molecule has 1 saturated heterocycles. The summed E-state index contributed by atoms with van der Waals surface area (Å²) in [5, 5.41) is 3.42. The van der Waals surface area contributed by atoms with E-state index in [2.05, 4.69) is 29.6 Å². The van der Waals surface area contributed by atoms with Gasteiger partial charge in [0, 0.05) is 17.3 Å². The van der Waals surface area contributed by atoms with Crippen LogP contribution in [0.5, 0.6) is 0 Å². The minimum absolute atomic E-state index is 0.146. The van der Waals surface area contributed by atoms with Gasteiger partial charge in [-0.05, 0) is 30.4 Å². The number of rotatable bonds is 2. The predicted molar refractivity (Wildman–Crippen MR) is 83.8 cm³/mol. The number of benzene rings is 1. The van der Waals surface area contributed by atoms with Gasteiger partial charge in [-0.15, -0.1) is 11.8 Å². The summed E-state index contributed by atoms with van der Waals surface area (Å²) in [4.78, 5) is 12.3. The Hall–Kier alpha value is -0.610. The van der Waals surface area contributed by atoms with Crippen LogP contribution in [0, 0.1) is 0 Å². The quantitative estimate of drug-likeness (QED) is 0.909. The molecule has 1 N–H and O–H groups in total. The first-order chi connectivity index (χ1) is 9.34. The maximum absolute atomic E-state index is 12.3. The van der Waals surface area contributed by atoms with Crippen molar-refractivity contribution >= 4 is 29.4 Å². The largest absolute Gasteiger partial charge is 0.348 e. The van der Waals surface area contributed by atoms with E-state index >= 15 is 0 Å². The van der Waals surface area contributed by atoms with E-state index in [0.717, 1.165) is 24.3 Å². The summed E-state index contributed by atoms with van der Waals surface area (Å²) >= 11 is 3.71. The summed E-state index contributed by atoms with van der Waals surface area (Å²) in [5.41, 5.74) is 2.74. The lowest BCUT2D eigenvalue weighted by Gasteiger charge is -2.29. The third kappa shape index (κ3) is 3.11. The summed E-state index contributed by atoms with van der Waals surface area (Å²) in [6, 6.07) is 8.76. The van der Waals surface area contributed by atoms with E-state index in [1.54, 1.807) is 0 Å². The maximum atomic E-state index is 12.3. The molecule has 2 aliphatic rings. The first kappa shape index (κ1) is 13.4. The van der Waals surface area contributed by atoms with E-state index in [1.807, 2.05) is 23.5 Å². The summed E-state index contributed by atoms with van der Waals surface area (Å²) in [6.45, 7) is 0. The molecule has 3 rings (SSSR count). The Morgan fingerprint density at radius 1 is 1.26 bits per heavy atom. The summed E-state index contributed by atoms with van der Waals surface area (Å²) < 4.78 is 0. The molecule has 4 heteroatoms. The number of thioether (sulfide) groups is 2. The van der Waals surface area contributed by atoms with Crippen LogP contribution >= 0.6 is 23.5 Å². The Balaban J connectivity index is 1.68. The van der Waals surface area contributed by atoms with Crippen molar-refractivity contribution in [3.05, 3.63) is 35.4 Å². The van der Waals surface area contributed by atoms with Gasteiger partial charge in [-0.1, -0.05) is 24.3 Å². The number of nitrogens with one attached hydrogen (secondary N) is 1. The highest BCUT2D eigenvalue weighted by atomic mass is 32.2. The standard InChI is InChI=1S/C15H19NOS2/c17-15(14-10-18-8-9-19-14)16-13-7-3-5-11-4-1-2-6-12(11)13/h1-2,4,6,13-14H,3,5,7-10H2,(H,16,17)/t13-,14-/m0/s1. The molecule has 0 unspecified atom stereocenters. The summed E-state index contributed by atoms with van der Waals surface area (Å²) in [6.07, 6.45) is 3.40. The second kappa shape index (κ2) is 6.23. The zero-order valence-electron chi connectivity index (χ0n) is 10.9. The Kier molecular flexibility index (Phi) is 4.38. The molecular weight excluding hydrogens is 274 g/mol. The van der Waals surface area contributed by atoms with Crippen molar-refractivity contribution in [1.29, 1.82) is 0 Å². The van der Waals surface area contributed by atoms with Crippen LogP contribution in [0.1, 0.15) is 30.0 Å². The third-order valence-electron chi connectivity index (χ3n) is 3.79. The minimum atomic E-state index is 0.146. The van der Waals surface area contributed by atoms with Gasteiger partial charge in [0.2, 0.25) is 5.91 Å². The SMILES string of the molecule is O=C(N[C@H]1CCCc2ccccc21)[C@@H]1CSCCS1. The zero-order valence-corrected chi connectivity index (χ0v) is 12.6. The Morgan fingerprint density at radius 2 is 2.16 bits per heavy atom. The van der Waals surface area contributed by atoms with E-state index < -0.39 is 0 Å². The molecule has 2 nitrogen and oxygen atoms in total. The molecule has 1 heterocycles. The molecule has 1 aromatic rings. The number of aryl methyl sites for hydroxylation is 1. The predicted octanol–water partition coefficient (Wildman–Crippen LogP) is 3.03. The number of fused-ring (bicyclic) bond motifs is 1. The molecule has 0 saturated carbocycles. The minimum Gasteiger partial charge on any atom is -0.348 e. The zero-order chi connectivity index (χ0) is 13.1. The van der Waals surface area contributed by atoms with Gasteiger partial charge >= 0.3 is 0 Å². The van der Waals surface area contributed by atoms with Crippen molar-refractivity contribution < 1.29 is 4.79 Å². The van der Waals surface area contributed by atoms with Gasteiger partial charge in [-0.2, -0.15) is 11.8 Å². The lowest BCUT2D eigenvalue weighted by Crippen LogP contribution is -2.39. The molecule has 19 heavy (non-hydrogen) atoms. The van der Waals surface area contributed by atoms with Crippen molar-refractivity contribution in [2.24, 2.45) is 0 Å². The maximum Gasteiger partial charge on any atom is 0.234 e. The highest BCUT2D eigenvalue weighted by Crippen LogP contribution is 2.31. The van der Waals surface area contributed by atoms with Crippen LogP contribution in [-0.4, -0.2) is 28.4 Å². The molecule has 0 bridgehead atoms. The third-order valence-corrected chi connectivity index (χ3v) is 6.55. The van der Waals surface area contributed by atoms with E-state index in [0.29, 0.717) is 0 Å². The van der Waals surface area contributed by atoms with Gasteiger partial charge in [0.1, 0.15) is 0 Å². The van der Waals surface area contributed by atoms with Crippen LogP contribution < -0.4 is 5.32 Å². The summed E-state index contributed by atoms with van der Waals surface area (Å²) in [5.74, 6) is 3.48. The van der Waals surface area contributed by atoms with E-state index in [4.69, 9.17) is 0 Å². The van der Waals surface area contributed by atoms with Gasteiger partial charge in [0.05, 0.1) is 11.3 Å². The molecular formula is C15H19NOS2. The van der Waals surface area contributed by atoms with Gasteiger partial charge < -0.3 is 5.32 Å².